The van der Waals surface area contributed by atoms with Crippen molar-refractivity contribution in [2.24, 2.45) is 0 Å². The zero-order valence-electron chi connectivity index (χ0n) is 21.8. The number of benzene rings is 2. The summed E-state index contributed by atoms with van der Waals surface area (Å²) in [4.78, 5) is 25.4. The molecule has 0 bridgehead atoms. The maximum atomic E-state index is 15.5. The number of aromatic nitrogens is 4. The van der Waals surface area contributed by atoms with Gasteiger partial charge in [0, 0.05) is 24.7 Å². The summed E-state index contributed by atoms with van der Waals surface area (Å²) in [7, 11) is 1.32. The topological polar surface area (TPSA) is 88.4 Å². The van der Waals surface area contributed by atoms with Gasteiger partial charge < -0.3 is 18.8 Å². The molecule has 0 aliphatic carbocycles. The number of carbonyl (C=O) groups is 1. The maximum absolute atomic E-state index is 15.5. The number of thiazole rings is 1. The van der Waals surface area contributed by atoms with Gasteiger partial charge >= 0.3 is 5.97 Å². The molecule has 1 saturated heterocycles. The molecule has 0 spiro atoms. The van der Waals surface area contributed by atoms with Gasteiger partial charge in [0.1, 0.15) is 29.1 Å². The highest BCUT2D eigenvalue weighted by atomic mass is 79.9. The van der Waals surface area contributed by atoms with Gasteiger partial charge in [0.2, 0.25) is 5.88 Å². The molecule has 210 valence electrons. The monoisotopic (exact) mass is 640 g/mol. The highest BCUT2D eigenvalue weighted by Crippen LogP contribution is 2.29. The Bertz CT molecular complexity index is 1750. The maximum Gasteiger partial charge on any atom is 0.337 e. The molecule has 0 amide bonds. The number of ether oxygens (including phenoxy) is 3. The van der Waals surface area contributed by atoms with Crippen LogP contribution >= 0.6 is 27.3 Å². The van der Waals surface area contributed by atoms with Gasteiger partial charge in [-0.25, -0.2) is 28.5 Å². The van der Waals surface area contributed by atoms with Gasteiger partial charge in [-0.15, -0.1) is 11.3 Å². The van der Waals surface area contributed by atoms with Gasteiger partial charge in [-0.3, -0.25) is 0 Å². The molecule has 6 rings (SSSR count). The van der Waals surface area contributed by atoms with Crippen LogP contribution in [-0.2, 0) is 29.0 Å². The predicted molar refractivity (Wildman–Crippen MR) is 152 cm³/mol. The minimum absolute atomic E-state index is 0.0189. The largest absolute Gasteiger partial charge is 0.470 e. The molecular weight excluding hydrogens is 618 g/mol. The van der Waals surface area contributed by atoms with Gasteiger partial charge in [-0.2, -0.15) is 0 Å². The van der Waals surface area contributed by atoms with E-state index in [0.717, 1.165) is 21.3 Å². The Morgan fingerprint density at radius 1 is 1.17 bits per heavy atom. The number of imidazole rings is 1. The number of hydrogen-bond donors (Lipinski definition) is 0. The Hall–Kier alpha value is -3.74. The van der Waals surface area contributed by atoms with Crippen molar-refractivity contribution >= 4 is 44.3 Å². The Labute approximate surface area is 246 Å². The molecule has 0 saturated carbocycles. The minimum Gasteiger partial charge on any atom is -0.470 e. The second-order valence-electron chi connectivity index (χ2n) is 9.42. The Kier molecular flexibility index (Phi) is 7.78. The average Bonchev–Trinajstić information content (AvgIpc) is 3.52. The number of halogens is 3. The van der Waals surface area contributed by atoms with Crippen molar-refractivity contribution in [2.75, 3.05) is 13.7 Å². The lowest BCUT2D eigenvalue weighted by molar-refractivity contribution is -0.0589. The van der Waals surface area contributed by atoms with Crippen molar-refractivity contribution in [3.05, 3.63) is 92.1 Å². The second kappa shape index (κ2) is 11.6. The second-order valence-corrected chi connectivity index (χ2v) is 11.9. The molecule has 0 N–H and O–H groups in total. The number of fused-ring (bicyclic) bond motifs is 1. The van der Waals surface area contributed by atoms with Crippen molar-refractivity contribution in [1.82, 2.24) is 19.5 Å². The van der Waals surface area contributed by atoms with E-state index in [2.05, 4.69) is 30.9 Å². The molecule has 1 fully saturated rings. The van der Waals surface area contributed by atoms with E-state index in [1.165, 1.54) is 24.5 Å². The van der Waals surface area contributed by atoms with Crippen molar-refractivity contribution in [1.29, 1.82) is 0 Å². The lowest BCUT2D eigenvalue weighted by Gasteiger charge is -2.27. The molecular formula is C29H23BrF2N4O4S. The zero-order chi connectivity index (χ0) is 28.5. The first-order chi connectivity index (χ1) is 19.9. The molecule has 1 atom stereocenters. The molecule has 2 aromatic carbocycles. The van der Waals surface area contributed by atoms with Crippen LogP contribution in [0.2, 0.25) is 0 Å². The molecule has 12 heteroatoms. The fourth-order valence-corrected chi connectivity index (χ4v) is 5.83. The fourth-order valence-electron chi connectivity index (χ4n) is 4.61. The Balaban J connectivity index is 1.28. The van der Waals surface area contributed by atoms with Gasteiger partial charge in [-0.05, 0) is 64.3 Å². The van der Waals surface area contributed by atoms with Crippen molar-refractivity contribution in [2.45, 2.75) is 32.1 Å². The zero-order valence-corrected chi connectivity index (χ0v) is 24.2. The number of methoxy groups -OCH3 is 1. The first kappa shape index (κ1) is 27.4. The molecule has 3 aromatic heterocycles. The molecule has 1 aliphatic heterocycles. The number of hydrogen-bond acceptors (Lipinski definition) is 8. The van der Waals surface area contributed by atoms with Crippen LogP contribution in [-0.4, -0.2) is 45.3 Å². The van der Waals surface area contributed by atoms with Crippen molar-refractivity contribution in [3.8, 4) is 17.1 Å². The van der Waals surface area contributed by atoms with Crippen LogP contribution in [0.3, 0.4) is 0 Å². The van der Waals surface area contributed by atoms with Crippen LogP contribution in [0.1, 0.15) is 33.2 Å². The molecule has 4 heterocycles. The van der Waals surface area contributed by atoms with Crippen LogP contribution in [0.5, 0.6) is 5.88 Å². The van der Waals surface area contributed by atoms with Crippen molar-refractivity contribution < 1.29 is 27.8 Å². The molecule has 0 radical (unpaired) electrons. The van der Waals surface area contributed by atoms with Crippen LogP contribution < -0.4 is 4.74 Å². The number of carbonyl (C=O) groups excluding carboxylic acids is 1. The third-order valence-electron chi connectivity index (χ3n) is 6.78. The van der Waals surface area contributed by atoms with Gasteiger partial charge in [0.15, 0.2) is 0 Å². The molecule has 1 unspecified atom stereocenters. The molecule has 8 nitrogen and oxygen atoms in total. The number of rotatable bonds is 9. The fraction of sp³-hybridized carbons (Fsp3) is 0.241. The summed E-state index contributed by atoms with van der Waals surface area (Å²) in [5, 5.41) is 0.752. The lowest BCUT2D eigenvalue weighted by atomic mass is 10.0. The van der Waals surface area contributed by atoms with Gasteiger partial charge in [0.05, 0.1) is 52.0 Å². The van der Waals surface area contributed by atoms with Crippen LogP contribution in [0.4, 0.5) is 8.78 Å². The predicted octanol–water partition coefficient (Wildman–Crippen LogP) is 6.34. The molecule has 41 heavy (non-hydrogen) atoms. The number of esters is 1. The van der Waals surface area contributed by atoms with E-state index in [4.69, 9.17) is 14.2 Å². The van der Waals surface area contributed by atoms with E-state index in [1.54, 1.807) is 42.6 Å². The minimum atomic E-state index is -0.618. The highest BCUT2D eigenvalue weighted by molar-refractivity contribution is 9.11. The molecule has 1 aliphatic rings. The third-order valence-corrected chi connectivity index (χ3v) is 8.23. The van der Waals surface area contributed by atoms with E-state index in [1.807, 2.05) is 4.57 Å². The molecule has 5 aromatic rings. The van der Waals surface area contributed by atoms with Crippen LogP contribution in [0.15, 0.2) is 58.5 Å². The third kappa shape index (κ3) is 5.85. The summed E-state index contributed by atoms with van der Waals surface area (Å²) in [6, 6.07) is 12.3. The van der Waals surface area contributed by atoms with E-state index in [-0.39, 0.29) is 41.8 Å². The highest BCUT2D eigenvalue weighted by Gasteiger charge is 2.24. The SMILES string of the molecule is COC(=O)c1ccc2nc(Cc3cc(F)c(-c4cccc(OCc5ncc(Br)s5)n4)cc3F)n(CC3CCO3)c2c1. The van der Waals surface area contributed by atoms with E-state index >= 15 is 8.78 Å². The van der Waals surface area contributed by atoms with Gasteiger partial charge in [0.25, 0.3) is 0 Å². The summed E-state index contributed by atoms with van der Waals surface area (Å²) in [5.74, 6) is -0.866. The number of nitrogens with zero attached hydrogens (tertiary/aromatic N) is 4. The summed E-state index contributed by atoms with van der Waals surface area (Å²) in [6.07, 6.45) is 2.58. The Morgan fingerprint density at radius 3 is 2.76 bits per heavy atom. The van der Waals surface area contributed by atoms with Crippen molar-refractivity contribution in [3.63, 3.8) is 0 Å². The summed E-state index contributed by atoms with van der Waals surface area (Å²) < 4.78 is 49.8. The van der Waals surface area contributed by atoms with E-state index in [0.29, 0.717) is 35.6 Å². The summed E-state index contributed by atoms with van der Waals surface area (Å²) in [6.45, 7) is 1.36. The first-order valence-corrected chi connectivity index (χ1v) is 14.4. The normalized spacial score (nSPS) is 14.7. The quantitative estimate of drug-likeness (QED) is 0.174. The average molecular weight is 641 g/mol. The summed E-state index contributed by atoms with van der Waals surface area (Å²) >= 11 is 4.80. The first-order valence-electron chi connectivity index (χ1n) is 12.8. The van der Waals surface area contributed by atoms with Crippen LogP contribution in [0.25, 0.3) is 22.3 Å². The van der Waals surface area contributed by atoms with Gasteiger partial charge in [-0.1, -0.05) is 6.07 Å². The standard InChI is InChI=1S/C29H23BrF2N4O4S/c1-38-29(37)16-5-6-23-24(10-16)36(14-18-7-8-39-18)26(34-23)11-17-9-21(32)19(12-20(17)31)22-3-2-4-27(35-22)40-15-28-33-13-25(30)41-28/h2-6,9-10,12-13,18H,7-8,11,14-15H2,1H3. The van der Waals surface area contributed by atoms with Crippen LogP contribution in [0, 0.1) is 11.6 Å². The van der Waals surface area contributed by atoms with E-state index in [9.17, 15) is 4.79 Å². The smallest absolute Gasteiger partial charge is 0.337 e. The lowest BCUT2D eigenvalue weighted by Crippen LogP contribution is -2.31. The summed E-state index contributed by atoms with van der Waals surface area (Å²) in [5.41, 5.74) is 2.12. The Morgan fingerprint density at radius 2 is 2.02 bits per heavy atom. The van der Waals surface area contributed by atoms with E-state index < -0.39 is 17.6 Å². The number of pyridine rings is 1.